The van der Waals surface area contributed by atoms with Crippen LogP contribution in [0.1, 0.15) is 30.9 Å². The van der Waals surface area contributed by atoms with Crippen LogP contribution >= 0.6 is 0 Å². The second kappa shape index (κ2) is 6.33. The summed E-state index contributed by atoms with van der Waals surface area (Å²) in [6.45, 7) is 5.98. The van der Waals surface area contributed by atoms with Crippen molar-refractivity contribution in [2.45, 2.75) is 32.1 Å². The van der Waals surface area contributed by atoms with Crippen molar-refractivity contribution < 1.29 is 13.9 Å². The van der Waals surface area contributed by atoms with E-state index < -0.39 is 11.6 Å². The van der Waals surface area contributed by atoms with Crippen LogP contribution in [0.4, 0.5) is 4.39 Å². The van der Waals surface area contributed by atoms with Crippen LogP contribution in [0.5, 0.6) is 0 Å². The van der Waals surface area contributed by atoms with E-state index in [0.29, 0.717) is 19.1 Å². The lowest BCUT2D eigenvalue weighted by Crippen LogP contribution is -2.46. The first-order valence-electron chi connectivity index (χ1n) is 7.79. The van der Waals surface area contributed by atoms with Gasteiger partial charge in [0, 0.05) is 19.0 Å². The Labute approximate surface area is 130 Å². The first-order valence-corrected chi connectivity index (χ1v) is 7.79. The molecule has 2 heterocycles. The molecule has 4 nitrogen and oxygen atoms in total. The van der Waals surface area contributed by atoms with Gasteiger partial charge in [0.25, 0.3) is 0 Å². The van der Waals surface area contributed by atoms with Gasteiger partial charge in [-0.3, -0.25) is 4.90 Å². The quantitative estimate of drug-likeness (QED) is 0.861. The van der Waals surface area contributed by atoms with Crippen molar-refractivity contribution in [2.24, 2.45) is 5.92 Å². The summed E-state index contributed by atoms with van der Waals surface area (Å²) in [6.07, 6.45) is 2.19. The van der Waals surface area contributed by atoms with E-state index in [1.807, 2.05) is 13.0 Å². The molecule has 2 aliphatic rings. The molecule has 22 heavy (non-hydrogen) atoms. The monoisotopic (exact) mass is 304 g/mol. The highest BCUT2D eigenvalue weighted by molar-refractivity contribution is 5.34. The van der Waals surface area contributed by atoms with Crippen LogP contribution in [0.15, 0.2) is 18.2 Å². The molecule has 0 aliphatic carbocycles. The van der Waals surface area contributed by atoms with Crippen LogP contribution in [-0.2, 0) is 16.0 Å². The summed E-state index contributed by atoms with van der Waals surface area (Å²) < 4.78 is 25.0. The van der Waals surface area contributed by atoms with Crippen LogP contribution in [-0.4, -0.2) is 37.0 Å². The van der Waals surface area contributed by atoms with E-state index in [2.05, 4.69) is 4.90 Å². The Balaban J connectivity index is 1.67. The molecule has 0 aromatic heterocycles. The average molecular weight is 304 g/mol. The number of ether oxygens (including phenoxy) is 2. The second-order valence-corrected chi connectivity index (χ2v) is 6.21. The van der Waals surface area contributed by atoms with Crippen molar-refractivity contribution in [3.05, 3.63) is 35.1 Å². The first-order chi connectivity index (χ1) is 10.6. The van der Waals surface area contributed by atoms with Gasteiger partial charge in [0.2, 0.25) is 0 Å². The third kappa shape index (κ3) is 3.14. The summed E-state index contributed by atoms with van der Waals surface area (Å²) in [7, 11) is 0. The molecule has 2 saturated heterocycles. The number of halogens is 1. The minimum absolute atomic E-state index is 0.112. The number of benzene rings is 1. The summed E-state index contributed by atoms with van der Waals surface area (Å²) in [5, 5.41) is 8.93. The van der Waals surface area contributed by atoms with Crippen molar-refractivity contribution in [1.29, 1.82) is 5.26 Å². The van der Waals surface area contributed by atoms with E-state index in [-0.39, 0.29) is 5.56 Å². The first kappa shape index (κ1) is 15.4. The highest BCUT2D eigenvalue weighted by Gasteiger charge is 2.41. The summed E-state index contributed by atoms with van der Waals surface area (Å²) in [6, 6.07) is 6.67. The van der Waals surface area contributed by atoms with Crippen LogP contribution in [0.2, 0.25) is 0 Å². The fourth-order valence-corrected chi connectivity index (χ4v) is 3.41. The molecular weight excluding hydrogens is 283 g/mol. The Morgan fingerprint density at radius 1 is 1.41 bits per heavy atom. The number of rotatable bonds is 3. The Morgan fingerprint density at radius 3 is 2.91 bits per heavy atom. The van der Waals surface area contributed by atoms with Gasteiger partial charge in [-0.25, -0.2) is 4.39 Å². The normalized spacial score (nSPS) is 25.0. The molecule has 0 unspecified atom stereocenters. The maximum absolute atomic E-state index is 13.4. The van der Waals surface area contributed by atoms with Crippen molar-refractivity contribution in [3.8, 4) is 6.07 Å². The zero-order valence-corrected chi connectivity index (χ0v) is 12.8. The van der Waals surface area contributed by atoms with Gasteiger partial charge in [-0.15, -0.1) is 0 Å². The van der Waals surface area contributed by atoms with Crippen molar-refractivity contribution in [3.63, 3.8) is 0 Å². The summed E-state index contributed by atoms with van der Waals surface area (Å²) in [4.78, 5) is 2.33. The van der Waals surface area contributed by atoms with E-state index in [9.17, 15) is 4.39 Å². The number of hydrogen-bond donors (Lipinski definition) is 0. The van der Waals surface area contributed by atoms with Crippen LogP contribution in [0, 0.1) is 23.1 Å². The van der Waals surface area contributed by atoms with E-state index in [0.717, 1.165) is 38.0 Å². The van der Waals surface area contributed by atoms with Gasteiger partial charge in [-0.1, -0.05) is 6.07 Å². The lowest BCUT2D eigenvalue weighted by atomic mass is 9.90. The van der Waals surface area contributed by atoms with Crippen molar-refractivity contribution in [1.82, 2.24) is 4.90 Å². The van der Waals surface area contributed by atoms with Crippen molar-refractivity contribution >= 4 is 0 Å². The van der Waals surface area contributed by atoms with E-state index >= 15 is 0 Å². The van der Waals surface area contributed by atoms with Crippen LogP contribution in [0.3, 0.4) is 0 Å². The molecule has 1 aromatic carbocycles. The fraction of sp³-hybridized carbons (Fsp3) is 0.588. The molecule has 5 heteroatoms. The number of nitrogens with zero attached hydrogens (tertiary/aromatic N) is 2. The zero-order chi connectivity index (χ0) is 15.6. The largest absolute Gasteiger partial charge is 0.347 e. The van der Waals surface area contributed by atoms with Gasteiger partial charge < -0.3 is 9.47 Å². The summed E-state index contributed by atoms with van der Waals surface area (Å²) >= 11 is 0. The minimum Gasteiger partial charge on any atom is -0.347 e. The van der Waals surface area contributed by atoms with Gasteiger partial charge in [0.15, 0.2) is 5.79 Å². The van der Waals surface area contributed by atoms with E-state index in [1.54, 1.807) is 12.1 Å². The molecule has 3 rings (SSSR count). The number of hydrogen-bond acceptors (Lipinski definition) is 4. The molecule has 0 amide bonds. The molecule has 0 spiro atoms. The van der Waals surface area contributed by atoms with Gasteiger partial charge in [0.1, 0.15) is 11.9 Å². The molecule has 0 saturated carbocycles. The molecule has 1 atom stereocenters. The molecule has 0 N–H and O–H groups in total. The molecular formula is C17H21FN2O2. The molecule has 118 valence electrons. The van der Waals surface area contributed by atoms with Crippen LogP contribution in [0.25, 0.3) is 0 Å². The lowest BCUT2D eigenvalue weighted by Gasteiger charge is -2.40. The average Bonchev–Trinajstić information content (AvgIpc) is 2.98. The predicted molar refractivity (Wildman–Crippen MR) is 79.4 cm³/mol. The third-order valence-corrected chi connectivity index (χ3v) is 4.67. The smallest absolute Gasteiger partial charge is 0.169 e. The number of piperidine rings is 1. The van der Waals surface area contributed by atoms with Gasteiger partial charge in [0.05, 0.1) is 18.8 Å². The Hall–Kier alpha value is -1.48. The maximum atomic E-state index is 13.4. The summed E-state index contributed by atoms with van der Waals surface area (Å²) in [5.74, 6) is -0.582. The zero-order valence-electron chi connectivity index (χ0n) is 12.8. The molecule has 0 radical (unpaired) electrons. The minimum atomic E-state index is -0.473. The lowest BCUT2D eigenvalue weighted by molar-refractivity contribution is -0.192. The topological polar surface area (TPSA) is 45.5 Å². The van der Waals surface area contributed by atoms with E-state index in [1.165, 1.54) is 6.07 Å². The number of likely N-dealkylation sites (tertiary alicyclic amines) is 1. The Bertz CT molecular complexity index is 579. The Morgan fingerprint density at radius 2 is 2.18 bits per heavy atom. The van der Waals surface area contributed by atoms with E-state index in [4.69, 9.17) is 14.7 Å². The van der Waals surface area contributed by atoms with Gasteiger partial charge in [-0.2, -0.15) is 5.26 Å². The molecule has 0 bridgehead atoms. The van der Waals surface area contributed by atoms with Crippen molar-refractivity contribution in [2.75, 3.05) is 26.3 Å². The van der Waals surface area contributed by atoms with Gasteiger partial charge >= 0.3 is 0 Å². The number of nitriles is 1. The highest BCUT2D eigenvalue weighted by Crippen LogP contribution is 2.34. The van der Waals surface area contributed by atoms with Gasteiger partial charge in [-0.05, 0) is 44.0 Å². The third-order valence-electron chi connectivity index (χ3n) is 4.67. The molecule has 2 fully saturated rings. The predicted octanol–water partition coefficient (Wildman–Crippen LogP) is 2.67. The van der Waals surface area contributed by atoms with Crippen LogP contribution < -0.4 is 0 Å². The maximum Gasteiger partial charge on any atom is 0.169 e. The standard InChI is InChI=1S/C17H21FN2O2/c1-17(21-7-8-22-17)15-3-2-6-20(12-15)11-13-4-5-16(18)14(9-13)10-19/h4-5,9,15H,2-3,6-8,11-12H2,1H3/t15-/m1/s1. The fourth-order valence-electron chi connectivity index (χ4n) is 3.41. The molecule has 2 aliphatic heterocycles. The molecule has 1 aromatic rings. The second-order valence-electron chi connectivity index (χ2n) is 6.21. The SMILES string of the molecule is CC1([C@@H]2CCCN(Cc3ccc(F)c(C#N)c3)C2)OCCO1. The summed E-state index contributed by atoms with van der Waals surface area (Å²) in [5.41, 5.74) is 1.08. The highest BCUT2D eigenvalue weighted by atomic mass is 19.1. The Kier molecular flexibility index (Phi) is 4.44.